The minimum Gasteiger partial charge on any atom is -0.481 e. The van der Waals surface area contributed by atoms with Crippen LogP contribution in [0.1, 0.15) is 65.7 Å². The number of esters is 1. The van der Waals surface area contributed by atoms with Crippen molar-refractivity contribution in [3.63, 3.8) is 0 Å². The SMILES string of the molecule is CCC(C)(C)C(=O)OCCCC(=O)C1CCCCC1C(=O)O. The summed E-state index contributed by atoms with van der Waals surface area (Å²) < 4.78 is 5.20. The van der Waals surface area contributed by atoms with Crippen LogP contribution in [0.4, 0.5) is 0 Å². The molecule has 2 atom stereocenters. The number of hydrogen-bond acceptors (Lipinski definition) is 4. The van der Waals surface area contributed by atoms with Crippen LogP contribution in [-0.4, -0.2) is 29.4 Å². The van der Waals surface area contributed by atoms with Crippen molar-refractivity contribution in [3.8, 4) is 0 Å². The quantitative estimate of drug-likeness (QED) is 0.550. The molecule has 1 aliphatic rings. The molecule has 0 bridgehead atoms. The van der Waals surface area contributed by atoms with Crippen LogP contribution in [0.3, 0.4) is 0 Å². The number of ether oxygens (including phenoxy) is 1. The third-order valence-electron chi connectivity index (χ3n) is 4.73. The van der Waals surface area contributed by atoms with E-state index in [0.29, 0.717) is 25.7 Å². The number of carboxylic acids is 1. The Morgan fingerprint density at radius 2 is 1.73 bits per heavy atom. The van der Waals surface area contributed by atoms with E-state index in [1.807, 2.05) is 20.8 Å². The molecule has 126 valence electrons. The van der Waals surface area contributed by atoms with Crippen LogP contribution in [0.25, 0.3) is 0 Å². The van der Waals surface area contributed by atoms with Gasteiger partial charge < -0.3 is 9.84 Å². The molecule has 0 aliphatic heterocycles. The second kappa shape index (κ2) is 8.30. The van der Waals surface area contributed by atoms with Crippen molar-refractivity contribution in [1.29, 1.82) is 0 Å². The maximum Gasteiger partial charge on any atom is 0.311 e. The molecule has 0 aromatic heterocycles. The van der Waals surface area contributed by atoms with Crippen molar-refractivity contribution in [2.24, 2.45) is 17.3 Å². The van der Waals surface area contributed by atoms with E-state index in [4.69, 9.17) is 4.74 Å². The number of Topliss-reactive ketones (excluding diaryl/α,β-unsaturated/α-hetero) is 1. The summed E-state index contributed by atoms with van der Waals surface area (Å²) in [4.78, 5) is 35.2. The summed E-state index contributed by atoms with van der Waals surface area (Å²) >= 11 is 0. The Bertz CT molecular complexity index is 413. The monoisotopic (exact) mass is 312 g/mol. The average Bonchev–Trinajstić information content (AvgIpc) is 2.50. The largest absolute Gasteiger partial charge is 0.481 e. The topological polar surface area (TPSA) is 80.7 Å². The number of aliphatic carboxylic acids is 1. The summed E-state index contributed by atoms with van der Waals surface area (Å²) in [6.07, 6.45) is 4.50. The number of carbonyl (C=O) groups is 3. The molecule has 1 fully saturated rings. The Labute approximate surface area is 132 Å². The lowest BCUT2D eigenvalue weighted by molar-refractivity contribution is -0.154. The van der Waals surface area contributed by atoms with Gasteiger partial charge in [0.2, 0.25) is 0 Å². The molecule has 1 rings (SSSR count). The van der Waals surface area contributed by atoms with Gasteiger partial charge in [-0.05, 0) is 39.5 Å². The smallest absolute Gasteiger partial charge is 0.311 e. The lowest BCUT2D eigenvalue weighted by atomic mass is 9.76. The van der Waals surface area contributed by atoms with Gasteiger partial charge >= 0.3 is 11.9 Å². The first-order valence-corrected chi connectivity index (χ1v) is 8.22. The van der Waals surface area contributed by atoms with Crippen LogP contribution < -0.4 is 0 Å². The van der Waals surface area contributed by atoms with Crippen LogP contribution in [0.5, 0.6) is 0 Å². The highest BCUT2D eigenvalue weighted by Crippen LogP contribution is 2.32. The molecule has 2 unspecified atom stereocenters. The molecular weight excluding hydrogens is 284 g/mol. The summed E-state index contributed by atoms with van der Waals surface area (Å²) in [6.45, 7) is 5.82. The molecule has 1 aliphatic carbocycles. The number of carbonyl (C=O) groups excluding carboxylic acids is 2. The van der Waals surface area contributed by atoms with Gasteiger partial charge in [0.25, 0.3) is 0 Å². The fraction of sp³-hybridized carbons (Fsp3) is 0.824. The van der Waals surface area contributed by atoms with E-state index >= 15 is 0 Å². The second-order valence-electron chi connectivity index (χ2n) is 6.78. The van der Waals surface area contributed by atoms with Gasteiger partial charge in [0.05, 0.1) is 17.9 Å². The maximum absolute atomic E-state index is 12.2. The van der Waals surface area contributed by atoms with Gasteiger partial charge in [0, 0.05) is 12.3 Å². The van der Waals surface area contributed by atoms with Gasteiger partial charge in [-0.1, -0.05) is 19.8 Å². The van der Waals surface area contributed by atoms with E-state index in [9.17, 15) is 19.5 Å². The standard InChI is InChI=1S/C17H28O5/c1-4-17(2,3)16(21)22-11-7-10-14(18)12-8-5-6-9-13(12)15(19)20/h12-13H,4-11H2,1-3H3,(H,19,20). The third kappa shape index (κ3) is 5.11. The predicted molar refractivity (Wildman–Crippen MR) is 82.4 cm³/mol. The molecule has 1 saturated carbocycles. The minimum absolute atomic E-state index is 0.00194. The summed E-state index contributed by atoms with van der Waals surface area (Å²) in [7, 11) is 0. The summed E-state index contributed by atoms with van der Waals surface area (Å²) in [6, 6.07) is 0. The zero-order valence-corrected chi connectivity index (χ0v) is 13.9. The first kappa shape index (κ1) is 18.7. The average molecular weight is 312 g/mol. The Balaban J connectivity index is 2.36. The van der Waals surface area contributed by atoms with Gasteiger partial charge in [0.1, 0.15) is 5.78 Å². The molecule has 0 aromatic carbocycles. The zero-order valence-electron chi connectivity index (χ0n) is 13.9. The molecule has 22 heavy (non-hydrogen) atoms. The van der Waals surface area contributed by atoms with Crippen molar-refractivity contribution < 1.29 is 24.2 Å². The highest BCUT2D eigenvalue weighted by atomic mass is 16.5. The number of hydrogen-bond donors (Lipinski definition) is 1. The molecule has 0 amide bonds. The predicted octanol–water partition coefficient (Wildman–Crippen LogP) is 3.21. The van der Waals surface area contributed by atoms with Crippen molar-refractivity contribution >= 4 is 17.7 Å². The molecule has 0 aromatic rings. The fourth-order valence-corrected chi connectivity index (χ4v) is 2.75. The lowest BCUT2D eigenvalue weighted by Gasteiger charge is -2.27. The van der Waals surface area contributed by atoms with E-state index in [0.717, 1.165) is 12.8 Å². The van der Waals surface area contributed by atoms with Gasteiger partial charge in [-0.15, -0.1) is 0 Å². The Kier molecular flexibility index (Phi) is 7.04. The van der Waals surface area contributed by atoms with Gasteiger partial charge in [-0.2, -0.15) is 0 Å². The van der Waals surface area contributed by atoms with E-state index in [-0.39, 0.29) is 30.7 Å². The zero-order chi connectivity index (χ0) is 16.8. The number of ketones is 1. The molecular formula is C17H28O5. The number of rotatable bonds is 8. The van der Waals surface area contributed by atoms with E-state index in [1.54, 1.807) is 0 Å². The van der Waals surface area contributed by atoms with Crippen molar-refractivity contribution in [3.05, 3.63) is 0 Å². The first-order chi connectivity index (χ1) is 10.3. The van der Waals surface area contributed by atoms with E-state index < -0.39 is 17.3 Å². The fourth-order valence-electron chi connectivity index (χ4n) is 2.75. The van der Waals surface area contributed by atoms with E-state index in [2.05, 4.69) is 0 Å². The van der Waals surface area contributed by atoms with Crippen LogP contribution in [0.15, 0.2) is 0 Å². The molecule has 0 heterocycles. The Morgan fingerprint density at radius 3 is 2.27 bits per heavy atom. The molecule has 5 nitrogen and oxygen atoms in total. The van der Waals surface area contributed by atoms with Crippen LogP contribution in [-0.2, 0) is 19.1 Å². The number of carboxylic acid groups (broad SMARTS) is 1. The Morgan fingerprint density at radius 1 is 1.14 bits per heavy atom. The van der Waals surface area contributed by atoms with Gasteiger partial charge in [-0.25, -0.2) is 0 Å². The molecule has 1 N–H and O–H groups in total. The molecule has 5 heteroatoms. The van der Waals surface area contributed by atoms with Crippen LogP contribution in [0.2, 0.25) is 0 Å². The highest BCUT2D eigenvalue weighted by molar-refractivity contribution is 5.86. The summed E-state index contributed by atoms with van der Waals surface area (Å²) in [5.41, 5.74) is -0.498. The van der Waals surface area contributed by atoms with Crippen LogP contribution in [0, 0.1) is 17.3 Å². The molecule has 0 saturated heterocycles. The van der Waals surface area contributed by atoms with Gasteiger partial charge in [-0.3, -0.25) is 14.4 Å². The second-order valence-corrected chi connectivity index (χ2v) is 6.78. The summed E-state index contributed by atoms with van der Waals surface area (Å²) in [5, 5.41) is 9.20. The van der Waals surface area contributed by atoms with Crippen LogP contribution >= 0.6 is 0 Å². The van der Waals surface area contributed by atoms with Crippen molar-refractivity contribution in [2.75, 3.05) is 6.61 Å². The maximum atomic E-state index is 12.2. The highest BCUT2D eigenvalue weighted by Gasteiger charge is 2.35. The normalized spacial score (nSPS) is 22.1. The van der Waals surface area contributed by atoms with Crippen molar-refractivity contribution in [2.45, 2.75) is 65.7 Å². The molecule has 0 spiro atoms. The van der Waals surface area contributed by atoms with Gasteiger partial charge in [0.15, 0.2) is 0 Å². The third-order valence-corrected chi connectivity index (χ3v) is 4.73. The Hall–Kier alpha value is -1.39. The molecule has 0 radical (unpaired) electrons. The summed E-state index contributed by atoms with van der Waals surface area (Å²) in [5.74, 6) is -2.02. The minimum atomic E-state index is -0.867. The first-order valence-electron chi connectivity index (χ1n) is 8.22. The lowest BCUT2D eigenvalue weighted by Crippen LogP contribution is -2.32. The van der Waals surface area contributed by atoms with E-state index in [1.165, 1.54) is 0 Å². The van der Waals surface area contributed by atoms with Crippen molar-refractivity contribution in [1.82, 2.24) is 0 Å².